The number of rotatable bonds is 5. The number of aromatic nitrogens is 2. The lowest BCUT2D eigenvalue weighted by atomic mass is 10.1. The molecule has 3 rings (SSSR count). The first-order valence-corrected chi connectivity index (χ1v) is 8.98. The fraction of sp³-hybridized carbons (Fsp3) is 0.238. The van der Waals surface area contributed by atoms with Crippen molar-refractivity contribution in [2.45, 2.75) is 33.4 Å². The van der Waals surface area contributed by atoms with Gasteiger partial charge in [0, 0.05) is 10.7 Å². The minimum atomic E-state index is -0.109. The molecule has 26 heavy (non-hydrogen) atoms. The van der Waals surface area contributed by atoms with Gasteiger partial charge in [0.15, 0.2) is 0 Å². The highest BCUT2D eigenvalue weighted by Gasteiger charge is 2.20. The Bertz CT molecular complexity index is 918. The van der Waals surface area contributed by atoms with E-state index in [0.29, 0.717) is 22.8 Å². The highest BCUT2D eigenvalue weighted by atomic mass is 35.5. The van der Waals surface area contributed by atoms with Crippen LogP contribution in [0.15, 0.2) is 54.6 Å². The molecule has 0 bridgehead atoms. The summed E-state index contributed by atoms with van der Waals surface area (Å²) in [4.78, 5) is 12.8. The molecule has 1 aromatic heterocycles. The quantitative estimate of drug-likeness (QED) is 0.710. The number of nitrogens with one attached hydrogen (secondary N) is 1. The number of carbonyl (C=O) groups is 1. The molecule has 1 atom stereocenters. The van der Waals surface area contributed by atoms with Gasteiger partial charge in [-0.15, -0.1) is 0 Å². The first-order chi connectivity index (χ1) is 12.5. The highest BCUT2D eigenvalue weighted by molar-refractivity contribution is 6.31. The molecule has 0 fully saturated rings. The predicted molar refractivity (Wildman–Crippen MR) is 105 cm³/mol. The maximum absolute atomic E-state index is 12.8. The fourth-order valence-corrected chi connectivity index (χ4v) is 3.26. The molecule has 0 saturated carbocycles. The molecule has 2 aromatic carbocycles. The van der Waals surface area contributed by atoms with Crippen molar-refractivity contribution in [3.05, 3.63) is 87.7 Å². The highest BCUT2D eigenvalue weighted by Crippen LogP contribution is 2.20. The average molecular weight is 368 g/mol. The van der Waals surface area contributed by atoms with E-state index in [1.807, 2.05) is 80.1 Å². The van der Waals surface area contributed by atoms with Gasteiger partial charge in [-0.2, -0.15) is 5.10 Å². The number of halogens is 1. The summed E-state index contributed by atoms with van der Waals surface area (Å²) in [5, 5.41) is 8.31. The lowest BCUT2D eigenvalue weighted by Crippen LogP contribution is -2.27. The van der Waals surface area contributed by atoms with Gasteiger partial charge in [-0.3, -0.25) is 9.48 Å². The number of hydrogen-bond acceptors (Lipinski definition) is 2. The van der Waals surface area contributed by atoms with Crippen LogP contribution in [0.25, 0.3) is 0 Å². The van der Waals surface area contributed by atoms with Crippen LogP contribution in [-0.2, 0) is 6.54 Å². The Morgan fingerprint density at radius 3 is 2.46 bits per heavy atom. The third-order valence-corrected chi connectivity index (χ3v) is 4.90. The van der Waals surface area contributed by atoms with Crippen LogP contribution >= 0.6 is 11.6 Å². The monoisotopic (exact) mass is 367 g/mol. The summed E-state index contributed by atoms with van der Waals surface area (Å²) in [7, 11) is 0. The minimum Gasteiger partial charge on any atom is -0.345 e. The maximum atomic E-state index is 12.8. The molecule has 1 amide bonds. The van der Waals surface area contributed by atoms with Crippen molar-refractivity contribution in [2.24, 2.45) is 0 Å². The van der Waals surface area contributed by atoms with Gasteiger partial charge in [-0.1, -0.05) is 60.1 Å². The summed E-state index contributed by atoms with van der Waals surface area (Å²) in [6.45, 7) is 6.29. The van der Waals surface area contributed by atoms with Gasteiger partial charge in [0.05, 0.1) is 23.8 Å². The summed E-state index contributed by atoms with van der Waals surface area (Å²) in [6.07, 6.45) is 0. The Balaban J connectivity index is 1.81. The van der Waals surface area contributed by atoms with E-state index in [9.17, 15) is 4.79 Å². The van der Waals surface area contributed by atoms with Crippen LogP contribution in [0, 0.1) is 13.8 Å². The summed E-state index contributed by atoms with van der Waals surface area (Å²) >= 11 is 6.25. The number of amides is 1. The van der Waals surface area contributed by atoms with Gasteiger partial charge in [-0.25, -0.2) is 0 Å². The number of hydrogen-bond donors (Lipinski definition) is 1. The summed E-state index contributed by atoms with van der Waals surface area (Å²) in [6, 6.07) is 17.5. The molecule has 4 nitrogen and oxygen atoms in total. The van der Waals surface area contributed by atoms with Crippen LogP contribution in [-0.4, -0.2) is 15.7 Å². The van der Waals surface area contributed by atoms with Crippen molar-refractivity contribution >= 4 is 17.5 Å². The second-order valence-corrected chi connectivity index (χ2v) is 6.81. The Morgan fingerprint density at radius 1 is 1.12 bits per heavy atom. The molecule has 5 heteroatoms. The predicted octanol–water partition coefficient (Wildman–Crippen LogP) is 4.69. The molecular formula is C21H22ClN3O. The van der Waals surface area contributed by atoms with Gasteiger partial charge in [0.25, 0.3) is 5.91 Å². The van der Waals surface area contributed by atoms with Gasteiger partial charge >= 0.3 is 0 Å². The number of nitrogens with zero attached hydrogens (tertiary/aromatic N) is 2. The van der Waals surface area contributed by atoms with E-state index in [2.05, 4.69) is 10.4 Å². The van der Waals surface area contributed by atoms with Crippen LogP contribution in [0.3, 0.4) is 0 Å². The zero-order chi connectivity index (χ0) is 18.7. The van der Waals surface area contributed by atoms with Crippen LogP contribution in [0.4, 0.5) is 0 Å². The second-order valence-electron chi connectivity index (χ2n) is 6.40. The molecule has 0 aliphatic carbocycles. The van der Waals surface area contributed by atoms with Crippen molar-refractivity contribution in [1.82, 2.24) is 15.1 Å². The standard InChI is InChI=1S/C21H22ClN3O/c1-14(17-9-5-4-6-10-17)23-21(26)20-15(2)24-25(16(20)3)13-18-11-7-8-12-19(18)22/h4-12,14H,13H2,1-3H3,(H,23,26). The van der Waals surface area contributed by atoms with Gasteiger partial charge in [-0.05, 0) is 38.0 Å². The van der Waals surface area contributed by atoms with Crippen molar-refractivity contribution in [3.63, 3.8) is 0 Å². The van der Waals surface area contributed by atoms with E-state index in [4.69, 9.17) is 11.6 Å². The molecule has 1 unspecified atom stereocenters. The van der Waals surface area contributed by atoms with Crippen LogP contribution in [0.1, 0.15) is 45.8 Å². The van der Waals surface area contributed by atoms with E-state index >= 15 is 0 Å². The number of carbonyl (C=O) groups excluding carboxylic acids is 1. The molecule has 0 aliphatic heterocycles. The summed E-state index contributed by atoms with van der Waals surface area (Å²) in [5.41, 5.74) is 4.22. The number of aryl methyl sites for hydroxylation is 1. The lowest BCUT2D eigenvalue weighted by Gasteiger charge is -2.14. The van der Waals surface area contributed by atoms with Crippen molar-refractivity contribution < 1.29 is 4.79 Å². The SMILES string of the molecule is Cc1nn(Cc2ccccc2Cl)c(C)c1C(=O)NC(C)c1ccccc1. The first kappa shape index (κ1) is 18.2. The lowest BCUT2D eigenvalue weighted by molar-refractivity contribution is 0.0938. The van der Waals surface area contributed by atoms with Crippen molar-refractivity contribution in [3.8, 4) is 0 Å². The van der Waals surface area contributed by atoms with Gasteiger partial charge in [0.1, 0.15) is 0 Å². The molecule has 1 N–H and O–H groups in total. The van der Waals surface area contributed by atoms with E-state index in [1.165, 1.54) is 0 Å². The molecule has 134 valence electrons. The topological polar surface area (TPSA) is 46.9 Å². The Labute approximate surface area is 158 Å². The van der Waals surface area contributed by atoms with Crippen molar-refractivity contribution in [1.29, 1.82) is 0 Å². The zero-order valence-electron chi connectivity index (χ0n) is 15.2. The van der Waals surface area contributed by atoms with Crippen LogP contribution in [0.5, 0.6) is 0 Å². The fourth-order valence-electron chi connectivity index (χ4n) is 3.06. The van der Waals surface area contributed by atoms with Crippen LogP contribution < -0.4 is 5.32 Å². The molecule has 0 spiro atoms. The number of benzene rings is 2. The molecular weight excluding hydrogens is 346 g/mol. The Kier molecular flexibility index (Phi) is 5.43. The maximum Gasteiger partial charge on any atom is 0.255 e. The third-order valence-electron chi connectivity index (χ3n) is 4.53. The second kappa shape index (κ2) is 7.75. The Morgan fingerprint density at radius 2 is 1.77 bits per heavy atom. The van der Waals surface area contributed by atoms with Crippen molar-refractivity contribution in [2.75, 3.05) is 0 Å². The molecule has 0 radical (unpaired) electrons. The average Bonchev–Trinajstić information content (AvgIpc) is 2.91. The summed E-state index contributed by atoms with van der Waals surface area (Å²) in [5.74, 6) is -0.109. The van der Waals surface area contributed by atoms with E-state index in [0.717, 1.165) is 16.8 Å². The molecule has 0 aliphatic rings. The van der Waals surface area contributed by atoms with Gasteiger partial charge in [0.2, 0.25) is 0 Å². The first-order valence-electron chi connectivity index (χ1n) is 8.60. The zero-order valence-corrected chi connectivity index (χ0v) is 15.9. The Hall–Kier alpha value is -2.59. The minimum absolute atomic E-state index is 0.0746. The largest absolute Gasteiger partial charge is 0.345 e. The van der Waals surface area contributed by atoms with Crippen LogP contribution in [0.2, 0.25) is 5.02 Å². The molecule has 0 saturated heterocycles. The van der Waals surface area contributed by atoms with E-state index in [-0.39, 0.29) is 11.9 Å². The smallest absolute Gasteiger partial charge is 0.255 e. The molecule has 3 aromatic rings. The van der Waals surface area contributed by atoms with E-state index in [1.54, 1.807) is 0 Å². The molecule has 1 heterocycles. The van der Waals surface area contributed by atoms with E-state index < -0.39 is 0 Å². The summed E-state index contributed by atoms with van der Waals surface area (Å²) < 4.78 is 1.83. The van der Waals surface area contributed by atoms with Gasteiger partial charge < -0.3 is 5.32 Å². The third kappa shape index (κ3) is 3.81. The normalized spacial score (nSPS) is 12.0.